The molecule has 0 aliphatic carbocycles. The largest absolute Gasteiger partial charge is 0.472 e. The molecule has 0 amide bonds. The van der Waals surface area contributed by atoms with Gasteiger partial charge in [-0.05, 0) is 6.42 Å². The number of phosphoric acid groups is 1. The summed E-state index contributed by atoms with van der Waals surface area (Å²) in [4.78, 5) is 21.6. The Labute approximate surface area is 189 Å². The molecule has 31 heavy (non-hydrogen) atoms. The van der Waals surface area contributed by atoms with Crippen molar-refractivity contribution in [1.29, 1.82) is 0 Å². The third-order valence-corrected chi connectivity index (χ3v) is 5.99. The van der Waals surface area contributed by atoms with E-state index in [4.69, 9.17) is 13.8 Å². The highest BCUT2D eigenvalue weighted by Gasteiger charge is 2.28. The molecular formula is C22H47NO7P+. The first-order valence-corrected chi connectivity index (χ1v) is 13.3. The van der Waals surface area contributed by atoms with E-state index >= 15 is 0 Å². The second-order valence-corrected chi connectivity index (χ2v) is 10.6. The lowest BCUT2D eigenvalue weighted by Gasteiger charge is -2.24. The molecule has 0 heterocycles. The van der Waals surface area contributed by atoms with Crippen LogP contribution < -0.4 is 0 Å². The first-order chi connectivity index (χ1) is 14.6. The summed E-state index contributed by atoms with van der Waals surface area (Å²) in [5.41, 5.74) is 0. The number of rotatable bonds is 21. The average molecular weight is 469 g/mol. The highest BCUT2D eigenvalue weighted by Crippen LogP contribution is 2.44. The molecule has 0 bridgehead atoms. The van der Waals surface area contributed by atoms with Gasteiger partial charge in [0.25, 0.3) is 0 Å². The molecule has 2 unspecified atom stereocenters. The van der Waals surface area contributed by atoms with Gasteiger partial charge in [-0.15, -0.1) is 0 Å². The van der Waals surface area contributed by atoms with E-state index in [1.54, 1.807) is 0 Å². The van der Waals surface area contributed by atoms with Crippen molar-refractivity contribution >= 4 is 13.8 Å². The van der Waals surface area contributed by atoms with Crippen LogP contribution in [0.4, 0.5) is 0 Å². The van der Waals surface area contributed by atoms with Gasteiger partial charge in [-0.3, -0.25) is 13.8 Å². The molecule has 0 spiro atoms. The van der Waals surface area contributed by atoms with Crippen molar-refractivity contribution in [2.45, 2.75) is 90.1 Å². The van der Waals surface area contributed by atoms with Crippen molar-refractivity contribution in [2.75, 3.05) is 47.5 Å². The number of carbonyl (C=O) groups is 1. The molecule has 0 radical (unpaired) electrons. The number of quaternary nitrogens is 1. The minimum Gasteiger partial charge on any atom is -0.463 e. The topological polar surface area (TPSA) is 102 Å². The number of carbonyl (C=O) groups excluding carboxylic acids is 1. The summed E-state index contributed by atoms with van der Waals surface area (Å²) >= 11 is 0. The van der Waals surface area contributed by atoms with Crippen LogP contribution >= 0.6 is 7.82 Å². The van der Waals surface area contributed by atoms with E-state index in [0.29, 0.717) is 17.4 Å². The van der Waals surface area contributed by atoms with Gasteiger partial charge in [0.2, 0.25) is 0 Å². The monoisotopic (exact) mass is 468 g/mol. The number of aliphatic hydroxyl groups is 1. The molecule has 9 heteroatoms. The van der Waals surface area contributed by atoms with Gasteiger partial charge < -0.3 is 19.2 Å². The second kappa shape index (κ2) is 18.0. The number of likely N-dealkylation sites (N-methyl/N-ethyl adjacent to an activating group) is 1. The Morgan fingerprint density at radius 3 is 1.94 bits per heavy atom. The Bertz CT molecular complexity index is 497. The van der Waals surface area contributed by atoms with E-state index in [0.717, 1.165) is 19.3 Å². The number of esters is 1. The molecule has 2 atom stereocenters. The third kappa shape index (κ3) is 21.1. The summed E-state index contributed by atoms with van der Waals surface area (Å²) in [7, 11) is 1.47. The smallest absolute Gasteiger partial charge is 0.463 e. The van der Waals surface area contributed by atoms with E-state index in [-0.39, 0.29) is 13.2 Å². The van der Waals surface area contributed by atoms with Crippen LogP contribution in [-0.2, 0) is 23.1 Å². The van der Waals surface area contributed by atoms with Crippen LogP contribution in [0, 0.1) is 0 Å². The number of phosphoric ester groups is 1. The number of unbranched alkanes of at least 4 members (excludes halogenated alkanes) is 10. The summed E-state index contributed by atoms with van der Waals surface area (Å²) < 4.78 is 27.4. The SMILES string of the molecule is CCCCCCCCCCCCCC(=O)OCC(CO)OP(=O)(O)OCC[N+](C)(C)C. The van der Waals surface area contributed by atoms with E-state index in [1.807, 2.05) is 21.1 Å². The summed E-state index contributed by atoms with van der Waals surface area (Å²) in [5.74, 6) is -0.392. The Kier molecular flexibility index (Phi) is 17.7. The van der Waals surface area contributed by atoms with Crippen LogP contribution in [0.1, 0.15) is 84.0 Å². The fourth-order valence-corrected chi connectivity index (χ4v) is 3.83. The van der Waals surface area contributed by atoms with Crippen molar-refractivity contribution in [3.05, 3.63) is 0 Å². The lowest BCUT2D eigenvalue weighted by molar-refractivity contribution is -0.870. The zero-order valence-corrected chi connectivity index (χ0v) is 21.1. The van der Waals surface area contributed by atoms with E-state index < -0.39 is 26.5 Å². The first kappa shape index (κ1) is 30.5. The summed E-state index contributed by atoms with van der Waals surface area (Å²) in [6.45, 7) is 1.96. The van der Waals surface area contributed by atoms with Crippen molar-refractivity contribution in [3.8, 4) is 0 Å². The first-order valence-electron chi connectivity index (χ1n) is 11.8. The van der Waals surface area contributed by atoms with Gasteiger partial charge in [0.15, 0.2) is 0 Å². The van der Waals surface area contributed by atoms with Crippen molar-refractivity contribution in [3.63, 3.8) is 0 Å². The maximum absolute atomic E-state index is 12.0. The molecule has 0 saturated heterocycles. The highest BCUT2D eigenvalue weighted by atomic mass is 31.2. The predicted molar refractivity (Wildman–Crippen MR) is 123 cm³/mol. The van der Waals surface area contributed by atoms with Crippen molar-refractivity contribution in [1.82, 2.24) is 0 Å². The molecule has 0 fully saturated rings. The van der Waals surface area contributed by atoms with Crippen LogP contribution in [0.25, 0.3) is 0 Å². The van der Waals surface area contributed by atoms with E-state index in [9.17, 15) is 19.4 Å². The third-order valence-electron chi connectivity index (χ3n) is 4.92. The van der Waals surface area contributed by atoms with Crippen LogP contribution in [0.5, 0.6) is 0 Å². The highest BCUT2D eigenvalue weighted by molar-refractivity contribution is 7.47. The van der Waals surface area contributed by atoms with Crippen LogP contribution in [0.2, 0.25) is 0 Å². The lowest BCUT2D eigenvalue weighted by Crippen LogP contribution is -2.37. The normalized spacial score (nSPS) is 14.9. The molecular weight excluding hydrogens is 421 g/mol. The number of ether oxygens (including phenoxy) is 1. The standard InChI is InChI=1S/C22H46NO7P/c1-5-6-7-8-9-10-11-12-13-14-15-16-22(25)28-20-21(19-24)30-31(26,27)29-18-17-23(2,3)4/h21,24H,5-20H2,1-4H3/p+1. The fraction of sp³-hybridized carbons (Fsp3) is 0.955. The molecule has 0 aromatic heterocycles. The Morgan fingerprint density at radius 1 is 0.935 bits per heavy atom. The number of aliphatic hydroxyl groups excluding tert-OH is 1. The summed E-state index contributed by atoms with van der Waals surface area (Å²) in [6.07, 6.45) is 12.4. The molecule has 8 nitrogen and oxygen atoms in total. The van der Waals surface area contributed by atoms with Crippen LogP contribution in [0.15, 0.2) is 0 Å². The zero-order chi connectivity index (χ0) is 23.6. The van der Waals surface area contributed by atoms with Gasteiger partial charge in [-0.25, -0.2) is 4.57 Å². The minimum atomic E-state index is -4.32. The van der Waals surface area contributed by atoms with Crippen LogP contribution in [0.3, 0.4) is 0 Å². The molecule has 0 saturated carbocycles. The van der Waals surface area contributed by atoms with Gasteiger partial charge in [0.05, 0.1) is 27.7 Å². The van der Waals surface area contributed by atoms with E-state index in [1.165, 1.54) is 51.4 Å². The summed E-state index contributed by atoms with van der Waals surface area (Å²) in [6, 6.07) is 0. The zero-order valence-electron chi connectivity index (χ0n) is 20.2. The van der Waals surface area contributed by atoms with E-state index in [2.05, 4.69) is 6.92 Å². The van der Waals surface area contributed by atoms with Gasteiger partial charge >= 0.3 is 13.8 Å². The molecule has 0 aliphatic rings. The number of nitrogens with zero attached hydrogens (tertiary/aromatic N) is 1. The average Bonchev–Trinajstić information content (AvgIpc) is 2.68. The maximum atomic E-state index is 12.0. The molecule has 2 N–H and O–H groups in total. The Balaban J connectivity index is 3.80. The lowest BCUT2D eigenvalue weighted by atomic mass is 10.1. The molecule has 0 rings (SSSR count). The number of hydrogen-bond donors (Lipinski definition) is 2. The molecule has 0 aromatic rings. The van der Waals surface area contributed by atoms with Gasteiger partial charge in [0, 0.05) is 6.42 Å². The maximum Gasteiger partial charge on any atom is 0.472 e. The van der Waals surface area contributed by atoms with Gasteiger partial charge in [-0.1, -0.05) is 71.1 Å². The molecule has 186 valence electrons. The quantitative estimate of drug-likeness (QED) is 0.111. The Hall–Kier alpha value is -0.500. The minimum absolute atomic E-state index is 0.0358. The van der Waals surface area contributed by atoms with Gasteiger partial charge in [0.1, 0.15) is 25.9 Å². The molecule has 0 aromatic carbocycles. The van der Waals surface area contributed by atoms with Crippen molar-refractivity contribution < 1.29 is 37.6 Å². The fourth-order valence-electron chi connectivity index (χ4n) is 2.96. The summed E-state index contributed by atoms with van der Waals surface area (Å²) in [5, 5.41) is 9.33. The Morgan fingerprint density at radius 2 is 1.45 bits per heavy atom. The second-order valence-electron chi connectivity index (χ2n) is 9.19. The van der Waals surface area contributed by atoms with Crippen LogP contribution in [-0.4, -0.2) is 74.1 Å². The van der Waals surface area contributed by atoms with Gasteiger partial charge in [-0.2, -0.15) is 0 Å². The number of hydrogen-bond acceptors (Lipinski definition) is 6. The van der Waals surface area contributed by atoms with Crippen molar-refractivity contribution in [2.24, 2.45) is 0 Å². The predicted octanol–water partition coefficient (Wildman–Crippen LogP) is 4.43. The molecule has 0 aliphatic heterocycles.